The van der Waals surface area contributed by atoms with Crippen LogP contribution in [-0.4, -0.2) is 14.7 Å². The molecule has 0 aliphatic rings. The highest BCUT2D eigenvalue weighted by molar-refractivity contribution is 9.10. The first-order valence-electron chi connectivity index (χ1n) is 5.83. The summed E-state index contributed by atoms with van der Waals surface area (Å²) >= 11 is 4.43. The number of thiophene rings is 1. The lowest BCUT2D eigenvalue weighted by Gasteiger charge is -2.07. The number of sulfone groups is 1. The maximum atomic E-state index is 11.8. The number of rotatable bonds is 4. The minimum Gasteiger partial charge on any atom is -0.396 e. The highest BCUT2D eigenvalue weighted by atomic mass is 79.9. The molecule has 3 N–H and O–H groups in total. The van der Waals surface area contributed by atoms with Crippen LogP contribution < -0.4 is 11.1 Å². The van der Waals surface area contributed by atoms with E-state index in [4.69, 9.17) is 11.0 Å². The number of benzene rings is 1. The summed E-state index contributed by atoms with van der Waals surface area (Å²) in [5.41, 5.74) is 6.75. The van der Waals surface area contributed by atoms with Gasteiger partial charge in [0.1, 0.15) is 20.8 Å². The highest BCUT2D eigenvalue weighted by Gasteiger charge is 2.23. The first-order chi connectivity index (χ1) is 9.82. The van der Waals surface area contributed by atoms with E-state index in [9.17, 15) is 8.42 Å². The van der Waals surface area contributed by atoms with Crippen LogP contribution in [0.1, 0.15) is 10.4 Å². The molecule has 0 aliphatic heterocycles. The fourth-order valence-electron chi connectivity index (χ4n) is 1.83. The molecule has 0 unspecified atom stereocenters. The van der Waals surface area contributed by atoms with Gasteiger partial charge in [0.05, 0.1) is 5.69 Å². The molecule has 21 heavy (non-hydrogen) atoms. The molecule has 110 valence electrons. The predicted molar refractivity (Wildman–Crippen MR) is 88.0 cm³/mol. The highest BCUT2D eigenvalue weighted by Crippen LogP contribution is 2.38. The summed E-state index contributed by atoms with van der Waals surface area (Å²) in [7, 11) is -3.50. The number of nitriles is 1. The molecule has 0 fully saturated rings. The lowest BCUT2D eigenvalue weighted by molar-refractivity contribution is 0.603. The van der Waals surface area contributed by atoms with Crippen molar-refractivity contribution in [3.05, 3.63) is 39.2 Å². The van der Waals surface area contributed by atoms with Gasteiger partial charge in [0.25, 0.3) is 0 Å². The van der Waals surface area contributed by atoms with Crippen molar-refractivity contribution < 1.29 is 8.42 Å². The van der Waals surface area contributed by atoms with Crippen molar-refractivity contribution in [2.45, 2.75) is 11.4 Å². The van der Waals surface area contributed by atoms with Crippen LogP contribution in [0.4, 0.5) is 10.7 Å². The summed E-state index contributed by atoms with van der Waals surface area (Å²) in [4.78, 5) is 0.200. The van der Waals surface area contributed by atoms with Crippen LogP contribution in [0.3, 0.4) is 0 Å². The topological polar surface area (TPSA) is 96.0 Å². The monoisotopic (exact) mass is 385 g/mol. The Hall–Kier alpha value is -1.56. The Labute approximate surface area is 135 Å². The van der Waals surface area contributed by atoms with Crippen molar-refractivity contribution in [2.24, 2.45) is 0 Å². The molecular weight excluding hydrogens is 374 g/mol. The van der Waals surface area contributed by atoms with E-state index in [-0.39, 0.29) is 15.5 Å². The Kier molecular flexibility index (Phi) is 4.56. The van der Waals surface area contributed by atoms with Gasteiger partial charge in [0.2, 0.25) is 0 Å². The second kappa shape index (κ2) is 6.05. The summed E-state index contributed by atoms with van der Waals surface area (Å²) in [6.07, 6.45) is 1.08. The largest absolute Gasteiger partial charge is 0.396 e. The quantitative estimate of drug-likeness (QED) is 0.842. The second-order valence-electron chi connectivity index (χ2n) is 4.37. The fourth-order valence-corrected chi connectivity index (χ4v) is 4.64. The Morgan fingerprint density at radius 2 is 2.19 bits per heavy atom. The molecule has 8 heteroatoms. The third kappa shape index (κ3) is 3.56. The molecule has 0 aliphatic carbocycles. The van der Waals surface area contributed by atoms with Crippen molar-refractivity contribution in [1.82, 2.24) is 0 Å². The normalized spacial score (nSPS) is 11.1. The van der Waals surface area contributed by atoms with E-state index in [2.05, 4.69) is 21.2 Å². The van der Waals surface area contributed by atoms with Crippen LogP contribution in [0.15, 0.2) is 33.6 Å². The lowest BCUT2D eigenvalue weighted by atomic mass is 10.2. The van der Waals surface area contributed by atoms with Gasteiger partial charge >= 0.3 is 0 Å². The summed E-state index contributed by atoms with van der Waals surface area (Å²) in [6.45, 7) is 0.437. The van der Waals surface area contributed by atoms with Crippen LogP contribution in [0.2, 0.25) is 0 Å². The number of hydrogen-bond donors (Lipinski definition) is 2. The van der Waals surface area contributed by atoms with Gasteiger partial charge in [-0.3, -0.25) is 0 Å². The minimum absolute atomic E-state index is 0.000883. The van der Waals surface area contributed by atoms with Crippen molar-refractivity contribution in [2.75, 3.05) is 17.3 Å². The zero-order valence-electron chi connectivity index (χ0n) is 11.1. The van der Waals surface area contributed by atoms with Crippen LogP contribution in [0, 0.1) is 11.3 Å². The van der Waals surface area contributed by atoms with E-state index >= 15 is 0 Å². The van der Waals surface area contributed by atoms with Crippen molar-refractivity contribution in [3.8, 4) is 6.07 Å². The molecule has 0 spiro atoms. The van der Waals surface area contributed by atoms with Gasteiger partial charge in [-0.05, 0) is 17.7 Å². The molecule has 1 heterocycles. The molecule has 2 aromatic rings. The minimum atomic E-state index is -3.50. The van der Waals surface area contributed by atoms with Gasteiger partial charge in [-0.2, -0.15) is 5.26 Å². The molecule has 5 nitrogen and oxygen atoms in total. The third-order valence-corrected chi connectivity index (χ3v) is 5.57. The first-order valence-corrected chi connectivity index (χ1v) is 9.33. The van der Waals surface area contributed by atoms with Crippen LogP contribution >= 0.6 is 27.3 Å². The molecule has 0 radical (unpaired) electrons. The van der Waals surface area contributed by atoms with Gasteiger partial charge < -0.3 is 11.1 Å². The van der Waals surface area contributed by atoms with E-state index < -0.39 is 9.84 Å². The lowest BCUT2D eigenvalue weighted by Crippen LogP contribution is -2.05. The van der Waals surface area contributed by atoms with Crippen LogP contribution in [0.25, 0.3) is 0 Å². The summed E-state index contributed by atoms with van der Waals surface area (Å²) in [6, 6.07) is 9.56. The van der Waals surface area contributed by atoms with E-state index in [1.54, 1.807) is 0 Å². The average molecular weight is 386 g/mol. The van der Waals surface area contributed by atoms with E-state index in [1.165, 1.54) is 0 Å². The standard InChI is InChI=1S/C13H12BrN3O2S2/c1-21(18,19)12-11(16)10(6-15)20-13(12)17-7-8-3-2-4-9(14)5-8/h2-5,17H,7,16H2,1H3. The fraction of sp³-hybridized carbons (Fsp3) is 0.154. The second-order valence-corrected chi connectivity index (χ2v) is 8.26. The molecule has 1 aromatic heterocycles. The van der Waals surface area contributed by atoms with E-state index in [0.717, 1.165) is 27.6 Å². The van der Waals surface area contributed by atoms with E-state index in [1.807, 2.05) is 30.3 Å². The van der Waals surface area contributed by atoms with Crippen molar-refractivity contribution >= 4 is 47.8 Å². The molecular formula is C13H12BrN3O2S2. The Bertz CT molecular complexity index is 822. The molecule has 0 bridgehead atoms. The smallest absolute Gasteiger partial charge is 0.180 e. The zero-order valence-corrected chi connectivity index (χ0v) is 14.3. The molecule has 0 saturated carbocycles. The zero-order chi connectivity index (χ0) is 15.6. The number of hydrogen-bond acceptors (Lipinski definition) is 6. The molecule has 0 amide bonds. The average Bonchev–Trinajstić information content (AvgIpc) is 2.72. The van der Waals surface area contributed by atoms with E-state index in [0.29, 0.717) is 11.5 Å². The number of nitrogen functional groups attached to an aromatic ring is 1. The number of nitrogens with one attached hydrogen (secondary N) is 1. The number of halogens is 1. The van der Waals surface area contributed by atoms with Gasteiger partial charge in [0.15, 0.2) is 9.84 Å². The van der Waals surface area contributed by atoms with Gasteiger partial charge in [-0.1, -0.05) is 28.1 Å². The maximum Gasteiger partial charge on any atom is 0.180 e. The van der Waals surface area contributed by atoms with Gasteiger partial charge in [-0.15, -0.1) is 11.3 Å². The van der Waals surface area contributed by atoms with Gasteiger partial charge in [-0.25, -0.2) is 8.42 Å². The Balaban J connectivity index is 2.35. The van der Waals surface area contributed by atoms with Gasteiger partial charge in [0, 0.05) is 17.3 Å². The Morgan fingerprint density at radius 3 is 2.76 bits per heavy atom. The molecule has 1 aromatic carbocycles. The summed E-state index contributed by atoms with van der Waals surface area (Å²) in [5, 5.41) is 12.4. The summed E-state index contributed by atoms with van der Waals surface area (Å²) < 4.78 is 24.6. The summed E-state index contributed by atoms with van der Waals surface area (Å²) in [5.74, 6) is 0. The predicted octanol–water partition coefficient (Wildman–Crippen LogP) is 2.98. The van der Waals surface area contributed by atoms with Crippen LogP contribution in [0.5, 0.6) is 0 Å². The van der Waals surface area contributed by atoms with Crippen LogP contribution in [-0.2, 0) is 16.4 Å². The number of nitrogens with zero attached hydrogens (tertiary/aromatic N) is 1. The molecule has 2 rings (SSSR count). The Morgan fingerprint density at radius 1 is 1.48 bits per heavy atom. The van der Waals surface area contributed by atoms with Crippen molar-refractivity contribution in [1.29, 1.82) is 5.26 Å². The number of anilines is 2. The SMILES string of the molecule is CS(=O)(=O)c1c(NCc2cccc(Br)c2)sc(C#N)c1N. The maximum absolute atomic E-state index is 11.8. The first kappa shape index (κ1) is 15.8. The van der Waals surface area contributed by atoms with Crippen molar-refractivity contribution in [3.63, 3.8) is 0 Å². The molecule has 0 saturated heterocycles. The molecule has 0 atom stereocenters. The number of nitrogens with two attached hydrogens (primary N) is 1. The third-order valence-electron chi connectivity index (χ3n) is 2.71.